The second kappa shape index (κ2) is 11.7. The lowest BCUT2D eigenvalue weighted by atomic mass is 10.1. The van der Waals surface area contributed by atoms with Crippen molar-refractivity contribution in [3.05, 3.63) is 93.8 Å². The molecule has 1 N–H and O–H groups in total. The highest BCUT2D eigenvalue weighted by Gasteiger charge is 2.24. The molecule has 7 nitrogen and oxygen atoms in total. The summed E-state index contributed by atoms with van der Waals surface area (Å²) in [5.74, 6) is 2.05. The predicted molar refractivity (Wildman–Crippen MR) is 147 cm³/mol. The van der Waals surface area contributed by atoms with Gasteiger partial charge in [-0.05, 0) is 56.2 Å². The number of carbonyl (C=O) groups excluding carboxylic acids is 1. The van der Waals surface area contributed by atoms with E-state index >= 15 is 0 Å². The van der Waals surface area contributed by atoms with E-state index in [4.69, 9.17) is 21.1 Å². The molecule has 0 fully saturated rings. The maximum Gasteiger partial charge on any atom is 0.255 e. The first-order valence-corrected chi connectivity index (χ1v) is 13.1. The quantitative estimate of drug-likeness (QED) is 0.251. The molecule has 1 amide bonds. The number of methoxy groups -OCH3 is 2. The number of nitrogens with zero attached hydrogens (tertiary/aromatic N) is 3. The molecule has 4 aromatic rings. The first kappa shape index (κ1) is 26.6. The number of rotatable bonds is 9. The molecule has 1 heterocycles. The summed E-state index contributed by atoms with van der Waals surface area (Å²) < 4.78 is 12.6. The van der Waals surface area contributed by atoms with Crippen LogP contribution in [0.2, 0.25) is 5.02 Å². The van der Waals surface area contributed by atoms with Gasteiger partial charge in [-0.2, -0.15) is 0 Å². The van der Waals surface area contributed by atoms with Crippen LogP contribution in [0, 0.1) is 13.8 Å². The molecular formula is C28H29ClN4O3S. The van der Waals surface area contributed by atoms with Crippen LogP contribution < -0.4 is 14.8 Å². The zero-order valence-electron chi connectivity index (χ0n) is 21.4. The number of thioether (sulfide) groups is 1. The van der Waals surface area contributed by atoms with E-state index in [1.165, 1.54) is 18.2 Å². The molecule has 9 heteroatoms. The van der Waals surface area contributed by atoms with Crippen molar-refractivity contribution in [3.63, 3.8) is 0 Å². The Balaban J connectivity index is 1.67. The summed E-state index contributed by atoms with van der Waals surface area (Å²) in [6.45, 7) is 5.96. The molecule has 0 bridgehead atoms. The van der Waals surface area contributed by atoms with Crippen molar-refractivity contribution in [2.45, 2.75) is 37.7 Å². The Morgan fingerprint density at radius 3 is 2.59 bits per heavy atom. The molecule has 0 saturated heterocycles. The lowest BCUT2D eigenvalue weighted by Crippen LogP contribution is -2.29. The number of aromatic nitrogens is 3. The van der Waals surface area contributed by atoms with Crippen molar-refractivity contribution < 1.29 is 14.3 Å². The second-order valence-electron chi connectivity index (χ2n) is 8.65. The van der Waals surface area contributed by atoms with Gasteiger partial charge in [-0.1, -0.05) is 59.3 Å². The average molecular weight is 537 g/mol. The van der Waals surface area contributed by atoms with Crippen LogP contribution in [0.3, 0.4) is 0 Å². The largest absolute Gasteiger partial charge is 0.497 e. The molecule has 1 aromatic heterocycles. The van der Waals surface area contributed by atoms with Gasteiger partial charge >= 0.3 is 0 Å². The molecular weight excluding hydrogens is 508 g/mol. The van der Waals surface area contributed by atoms with E-state index in [2.05, 4.69) is 40.6 Å². The van der Waals surface area contributed by atoms with Crippen LogP contribution in [0.15, 0.2) is 65.8 Å². The highest BCUT2D eigenvalue weighted by molar-refractivity contribution is 7.98. The van der Waals surface area contributed by atoms with Crippen molar-refractivity contribution in [2.24, 2.45) is 0 Å². The summed E-state index contributed by atoms with van der Waals surface area (Å²) in [5.41, 5.74) is 4.67. The van der Waals surface area contributed by atoms with Crippen LogP contribution in [0.4, 0.5) is 0 Å². The third kappa shape index (κ3) is 6.09. The number of hydrogen-bond acceptors (Lipinski definition) is 6. The van der Waals surface area contributed by atoms with Crippen molar-refractivity contribution in [3.8, 4) is 17.2 Å². The molecule has 0 aliphatic rings. The molecule has 1 unspecified atom stereocenters. The molecule has 192 valence electrons. The molecule has 0 spiro atoms. The van der Waals surface area contributed by atoms with Crippen molar-refractivity contribution in [1.29, 1.82) is 0 Å². The average Bonchev–Trinajstić information content (AvgIpc) is 3.32. The number of halogens is 1. The summed E-state index contributed by atoms with van der Waals surface area (Å²) in [4.78, 5) is 13.2. The Hall–Kier alpha value is -3.49. The first-order valence-electron chi connectivity index (χ1n) is 11.7. The maximum absolute atomic E-state index is 13.2. The number of hydrogen-bond donors (Lipinski definition) is 1. The zero-order chi connectivity index (χ0) is 26.5. The van der Waals surface area contributed by atoms with Crippen LogP contribution >= 0.6 is 23.4 Å². The summed E-state index contributed by atoms with van der Waals surface area (Å²) in [7, 11) is 3.08. The molecule has 0 aliphatic carbocycles. The summed E-state index contributed by atoms with van der Waals surface area (Å²) in [6, 6.07) is 18.7. The monoisotopic (exact) mass is 536 g/mol. The van der Waals surface area contributed by atoms with Gasteiger partial charge in [-0.25, -0.2) is 0 Å². The first-order chi connectivity index (χ1) is 17.8. The Labute approximate surface area is 226 Å². The van der Waals surface area contributed by atoms with Gasteiger partial charge in [0.25, 0.3) is 5.91 Å². The number of benzene rings is 3. The number of amides is 1. The molecule has 4 rings (SSSR count). The Bertz CT molecular complexity index is 1420. The third-order valence-electron chi connectivity index (χ3n) is 5.91. The van der Waals surface area contributed by atoms with E-state index < -0.39 is 6.04 Å². The van der Waals surface area contributed by atoms with E-state index in [9.17, 15) is 4.79 Å². The van der Waals surface area contributed by atoms with Crippen molar-refractivity contribution >= 4 is 29.3 Å². The minimum absolute atomic E-state index is 0.293. The number of carbonyl (C=O) groups is 1. The second-order valence-corrected chi connectivity index (χ2v) is 10.0. The third-order valence-corrected chi connectivity index (χ3v) is 7.14. The van der Waals surface area contributed by atoms with Gasteiger partial charge in [0.05, 0.1) is 31.5 Å². The lowest BCUT2D eigenvalue weighted by molar-refractivity contribution is 0.0935. The van der Waals surface area contributed by atoms with E-state index in [1.807, 2.05) is 42.7 Å². The van der Waals surface area contributed by atoms with E-state index in [0.29, 0.717) is 33.1 Å². The van der Waals surface area contributed by atoms with Gasteiger partial charge < -0.3 is 14.8 Å². The SMILES string of the molecule is COc1ccc(C(=O)NC(C)c2nnc(SCc3cccc(C)c3)n2-c2cc(Cl)ccc2C)c(OC)c1. The van der Waals surface area contributed by atoms with E-state index in [-0.39, 0.29) is 5.91 Å². The van der Waals surface area contributed by atoms with Gasteiger partial charge in [0, 0.05) is 16.8 Å². The van der Waals surface area contributed by atoms with Crippen LogP contribution in [-0.2, 0) is 5.75 Å². The van der Waals surface area contributed by atoms with E-state index in [0.717, 1.165) is 17.0 Å². The van der Waals surface area contributed by atoms with Crippen molar-refractivity contribution in [1.82, 2.24) is 20.1 Å². The summed E-state index contributed by atoms with van der Waals surface area (Å²) in [5, 5.41) is 13.3. The van der Waals surface area contributed by atoms with Gasteiger partial charge in [-0.15, -0.1) is 10.2 Å². The standard InChI is InChI=1S/C28H29ClN4O3S/c1-17-7-6-8-20(13-17)16-37-28-32-31-26(33(28)24-14-21(29)10-9-18(24)2)19(3)30-27(34)23-12-11-22(35-4)15-25(23)36-5/h6-15,19H,16H2,1-5H3,(H,30,34). The van der Waals surface area contributed by atoms with E-state index in [1.54, 1.807) is 37.1 Å². The fourth-order valence-corrected chi connectivity index (χ4v) is 5.04. The van der Waals surface area contributed by atoms with Crippen LogP contribution in [0.1, 0.15) is 45.8 Å². The maximum atomic E-state index is 13.2. The highest BCUT2D eigenvalue weighted by Crippen LogP contribution is 2.31. The van der Waals surface area contributed by atoms with Crippen LogP contribution in [0.25, 0.3) is 5.69 Å². The molecule has 0 saturated carbocycles. The predicted octanol–water partition coefficient (Wildman–Crippen LogP) is 6.34. The molecule has 37 heavy (non-hydrogen) atoms. The number of aryl methyl sites for hydroxylation is 2. The zero-order valence-corrected chi connectivity index (χ0v) is 23.0. The fourth-order valence-electron chi connectivity index (χ4n) is 3.98. The summed E-state index contributed by atoms with van der Waals surface area (Å²) in [6.07, 6.45) is 0. The highest BCUT2D eigenvalue weighted by atomic mass is 35.5. The molecule has 0 radical (unpaired) electrons. The minimum atomic E-state index is -0.460. The van der Waals surface area contributed by atoms with Crippen LogP contribution in [-0.4, -0.2) is 34.9 Å². The Morgan fingerprint density at radius 1 is 1.05 bits per heavy atom. The smallest absolute Gasteiger partial charge is 0.255 e. The Kier molecular flexibility index (Phi) is 8.41. The Morgan fingerprint density at radius 2 is 1.86 bits per heavy atom. The van der Waals surface area contributed by atoms with Gasteiger partial charge in [0.2, 0.25) is 0 Å². The summed E-state index contributed by atoms with van der Waals surface area (Å²) >= 11 is 7.96. The lowest BCUT2D eigenvalue weighted by Gasteiger charge is -2.18. The van der Waals surface area contributed by atoms with Gasteiger partial charge in [-0.3, -0.25) is 9.36 Å². The van der Waals surface area contributed by atoms with Crippen LogP contribution in [0.5, 0.6) is 11.5 Å². The molecule has 0 aliphatic heterocycles. The normalized spacial score (nSPS) is 11.7. The topological polar surface area (TPSA) is 78.3 Å². The minimum Gasteiger partial charge on any atom is -0.497 e. The van der Waals surface area contributed by atoms with Crippen molar-refractivity contribution in [2.75, 3.05) is 14.2 Å². The fraction of sp³-hybridized carbons (Fsp3) is 0.250. The number of nitrogens with one attached hydrogen (secondary N) is 1. The number of ether oxygens (including phenoxy) is 2. The van der Waals surface area contributed by atoms with Gasteiger partial charge in [0.15, 0.2) is 11.0 Å². The molecule has 3 aromatic carbocycles. The molecule has 1 atom stereocenters. The van der Waals surface area contributed by atoms with Gasteiger partial charge in [0.1, 0.15) is 11.5 Å².